The van der Waals surface area contributed by atoms with Crippen LogP contribution in [0, 0.1) is 0 Å². The Balaban J connectivity index is 1.52. The lowest BCUT2D eigenvalue weighted by atomic mass is 10.2. The van der Waals surface area contributed by atoms with Crippen LogP contribution in [0.5, 0.6) is 5.75 Å². The highest BCUT2D eigenvalue weighted by Crippen LogP contribution is 2.31. The van der Waals surface area contributed by atoms with E-state index < -0.39 is 0 Å². The van der Waals surface area contributed by atoms with E-state index >= 15 is 0 Å². The number of hydrogen-bond acceptors (Lipinski definition) is 6. The van der Waals surface area contributed by atoms with Gasteiger partial charge in [-0.25, -0.2) is 0 Å². The molecule has 3 aromatic carbocycles. The van der Waals surface area contributed by atoms with Crippen LogP contribution in [0.2, 0.25) is 5.02 Å². The van der Waals surface area contributed by atoms with Gasteiger partial charge >= 0.3 is 0 Å². The van der Waals surface area contributed by atoms with Crippen LogP contribution in [0.25, 0.3) is 0 Å². The van der Waals surface area contributed by atoms with Gasteiger partial charge in [0.05, 0.1) is 28.7 Å². The summed E-state index contributed by atoms with van der Waals surface area (Å²) in [6.07, 6.45) is 6.03. The lowest BCUT2D eigenvalue weighted by Gasteiger charge is -2.11. The lowest BCUT2D eigenvalue weighted by molar-refractivity contribution is 0.304. The highest BCUT2D eigenvalue weighted by Gasteiger charge is 2.03. The van der Waals surface area contributed by atoms with Crippen molar-refractivity contribution in [2.75, 3.05) is 25.6 Å². The van der Waals surface area contributed by atoms with Crippen molar-refractivity contribution in [2.24, 2.45) is 20.5 Å². The third-order valence-corrected chi connectivity index (χ3v) is 5.51. The molecular formula is C27H32ClN5O. The van der Waals surface area contributed by atoms with E-state index in [1.807, 2.05) is 79.7 Å². The minimum atomic E-state index is 0.512. The van der Waals surface area contributed by atoms with Crippen LogP contribution in [0.15, 0.2) is 87.2 Å². The Morgan fingerprint density at radius 3 is 1.82 bits per heavy atom. The Morgan fingerprint density at radius 2 is 1.26 bits per heavy atom. The highest BCUT2D eigenvalue weighted by molar-refractivity contribution is 6.33. The van der Waals surface area contributed by atoms with Crippen molar-refractivity contribution in [3.05, 3.63) is 71.8 Å². The fourth-order valence-corrected chi connectivity index (χ4v) is 3.39. The summed E-state index contributed by atoms with van der Waals surface area (Å²) in [7, 11) is 4.01. The van der Waals surface area contributed by atoms with Crippen molar-refractivity contribution >= 4 is 40.0 Å². The molecule has 178 valence electrons. The normalized spacial score (nSPS) is 11.4. The fourth-order valence-electron chi connectivity index (χ4n) is 3.18. The molecule has 0 unspecified atom stereocenters. The van der Waals surface area contributed by atoms with Crippen LogP contribution in [-0.4, -0.2) is 20.7 Å². The van der Waals surface area contributed by atoms with Crippen molar-refractivity contribution in [1.29, 1.82) is 0 Å². The molecule has 7 heteroatoms. The molecule has 3 aromatic rings. The van der Waals surface area contributed by atoms with Crippen LogP contribution in [0.4, 0.5) is 28.4 Å². The summed E-state index contributed by atoms with van der Waals surface area (Å²) in [5.41, 5.74) is 3.96. The zero-order valence-electron chi connectivity index (χ0n) is 20.1. The van der Waals surface area contributed by atoms with Crippen LogP contribution in [0.3, 0.4) is 0 Å². The summed E-state index contributed by atoms with van der Waals surface area (Å²) >= 11 is 6.36. The third kappa shape index (κ3) is 8.27. The number of anilines is 1. The molecule has 34 heavy (non-hydrogen) atoms. The molecule has 0 heterocycles. The number of benzene rings is 3. The number of hydrogen-bond donors (Lipinski definition) is 0. The van der Waals surface area contributed by atoms with Gasteiger partial charge < -0.3 is 9.64 Å². The SMILES string of the molecule is CCCCCCCOc1ccc(N=Nc2ccc(N=Nc3ccc(N(C)C)cc3)cc2)c(Cl)c1. The van der Waals surface area contributed by atoms with E-state index in [1.165, 1.54) is 25.7 Å². The molecule has 0 fully saturated rings. The quantitative estimate of drug-likeness (QED) is 0.192. The van der Waals surface area contributed by atoms with E-state index in [0.717, 1.165) is 29.2 Å². The number of rotatable bonds is 12. The highest BCUT2D eigenvalue weighted by atomic mass is 35.5. The first-order valence-corrected chi connectivity index (χ1v) is 12.1. The molecule has 0 radical (unpaired) electrons. The Hall–Kier alpha value is -3.25. The second-order valence-electron chi connectivity index (χ2n) is 8.20. The van der Waals surface area contributed by atoms with Crippen molar-refractivity contribution in [2.45, 2.75) is 39.0 Å². The monoisotopic (exact) mass is 477 g/mol. The molecule has 0 saturated heterocycles. The fraction of sp³-hybridized carbons (Fsp3) is 0.333. The zero-order chi connectivity index (χ0) is 24.2. The van der Waals surface area contributed by atoms with Crippen molar-refractivity contribution in [3.63, 3.8) is 0 Å². The van der Waals surface area contributed by atoms with Crippen LogP contribution in [-0.2, 0) is 0 Å². The Kier molecular flexibility index (Phi) is 10.0. The number of unbranched alkanes of at least 4 members (excludes halogenated alkanes) is 4. The van der Waals surface area contributed by atoms with E-state index in [-0.39, 0.29) is 0 Å². The van der Waals surface area contributed by atoms with Gasteiger partial charge in [0.2, 0.25) is 0 Å². The van der Waals surface area contributed by atoms with Gasteiger partial charge in [0.25, 0.3) is 0 Å². The number of halogens is 1. The van der Waals surface area contributed by atoms with Gasteiger partial charge in [0, 0.05) is 25.8 Å². The number of azo groups is 2. The summed E-state index contributed by atoms with van der Waals surface area (Å²) in [4.78, 5) is 2.04. The van der Waals surface area contributed by atoms with E-state index in [4.69, 9.17) is 16.3 Å². The molecule has 3 rings (SSSR count). The molecule has 0 spiro atoms. The van der Waals surface area contributed by atoms with Gasteiger partial charge in [-0.05, 0) is 67.1 Å². The Labute approximate surface area is 207 Å². The smallest absolute Gasteiger partial charge is 0.120 e. The average Bonchev–Trinajstić information content (AvgIpc) is 2.85. The molecule has 0 bridgehead atoms. The minimum Gasteiger partial charge on any atom is -0.494 e. The predicted molar refractivity (Wildman–Crippen MR) is 141 cm³/mol. The summed E-state index contributed by atoms with van der Waals surface area (Å²) in [6, 6.07) is 20.8. The van der Waals surface area contributed by atoms with Gasteiger partial charge in [-0.3, -0.25) is 0 Å². The van der Waals surface area contributed by atoms with Crippen molar-refractivity contribution < 1.29 is 4.74 Å². The first kappa shape index (κ1) is 25.4. The van der Waals surface area contributed by atoms with E-state index in [1.54, 1.807) is 6.07 Å². The third-order valence-electron chi connectivity index (χ3n) is 5.21. The number of ether oxygens (including phenoxy) is 1. The van der Waals surface area contributed by atoms with Gasteiger partial charge in [-0.1, -0.05) is 44.2 Å². The first-order valence-electron chi connectivity index (χ1n) is 11.7. The molecule has 0 saturated carbocycles. The summed E-state index contributed by atoms with van der Waals surface area (Å²) in [5, 5.41) is 17.6. The molecule has 0 aliphatic heterocycles. The maximum atomic E-state index is 6.36. The molecule has 0 N–H and O–H groups in total. The van der Waals surface area contributed by atoms with Crippen LogP contribution >= 0.6 is 11.6 Å². The Morgan fingerprint density at radius 1 is 0.706 bits per heavy atom. The van der Waals surface area contributed by atoms with Gasteiger partial charge in [-0.2, -0.15) is 15.3 Å². The van der Waals surface area contributed by atoms with Crippen molar-refractivity contribution in [3.8, 4) is 5.75 Å². The standard InChI is InChI=1S/C27H32ClN5O/c1-4-5-6-7-8-19-34-25-17-18-27(26(28)20-25)32-31-22-11-9-21(10-12-22)29-30-23-13-15-24(16-14-23)33(2)3/h9-18,20H,4-8,19H2,1-3H3. The van der Waals surface area contributed by atoms with Crippen LogP contribution in [0.1, 0.15) is 39.0 Å². The largest absolute Gasteiger partial charge is 0.494 e. The van der Waals surface area contributed by atoms with Crippen LogP contribution < -0.4 is 9.64 Å². The second kappa shape index (κ2) is 13.5. The Bertz CT molecular complexity index is 1080. The minimum absolute atomic E-state index is 0.512. The van der Waals surface area contributed by atoms with E-state index in [9.17, 15) is 0 Å². The summed E-state index contributed by atoms with van der Waals surface area (Å²) < 4.78 is 5.79. The predicted octanol–water partition coefficient (Wildman–Crippen LogP) is 9.59. The maximum absolute atomic E-state index is 6.36. The average molecular weight is 478 g/mol. The molecule has 0 aliphatic rings. The molecule has 0 atom stereocenters. The van der Waals surface area contributed by atoms with Gasteiger partial charge in [-0.15, -0.1) is 5.11 Å². The second-order valence-corrected chi connectivity index (χ2v) is 8.61. The maximum Gasteiger partial charge on any atom is 0.120 e. The molecule has 0 amide bonds. The molecule has 0 aromatic heterocycles. The molecule has 0 aliphatic carbocycles. The summed E-state index contributed by atoms with van der Waals surface area (Å²) in [6.45, 7) is 2.91. The molecular weight excluding hydrogens is 446 g/mol. The van der Waals surface area contributed by atoms with Gasteiger partial charge in [0.15, 0.2) is 0 Å². The van der Waals surface area contributed by atoms with Crippen molar-refractivity contribution in [1.82, 2.24) is 0 Å². The number of nitrogens with zero attached hydrogens (tertiary/aromatic N) is 5. The summed E-state index contributed by atoms with van der Waals surface area (Å²) in [5.74, 6) is 0.755. The zero-order valence-corrected chi connectivity index (χ0v) is 20.9. The first-order chi connectivity index (χ1) is 16.5. The van der Waals surface area contributed by atoms with E-state index in [0.29, 0.717) is 23.0 Å². The lowest BCUT2D eigenvalue weighted by Crippen LogP contribution is -2.07. The van der Waals surface area contributed by atoms with Gasteiger partial charge in [0.1, 0.15) is 11.4 Å². The van der Waals surface area contributed by atoms with E-state index in [2.05, 4.69) is 27.4 Å². The topological polar surface area (TPSA) is 61.9 Å². The molecule has 6 nitrogen and oxygen atoms in total.